The van der Waals surface area contributed by atoms with Crippen LogP contribution in [0.3, 0.4) is 0 Å². The van der Waals surface area contributed by atoms with Crippen LogP contribution in [0, 0.1) is 0 Å². The second-order valence-corrected chi connectivity index (χ2v) is 3.68. The lowest BCUT2D eigenvalue weighted by atomic mass is 10.2. The van der Waals surface area contributed by atoms with Gasteiger partial charge in [-0.05, 0) is 18.2 Å². The molecule has 1 aromatic rings. The molecule has 0 radical (unpaired) electrons. The van der Waals surface area contributed by atoms with E-state index in [4.69, 9.17) is 22.4 Å². The van der Waals surface area contributed by atoms with Gasteiger partial charge in [-0.15, -0.1) is 0 Å². The molecule has 0 aliphatic rings. The topological polar surface area (TPSA) is 122 Å². The number of carbonyl (C=O) groups is 3. The van der Waals surface area contributed by atoms with Crippen LogP contribution in [0.1, 0.15) is 10.4 Å². The Morgan fingerprint density at radius 3 is 2.56 bits per heavy atom. The molecule has 0 aromatic heterocycles. The zero-order chi connectivity index (χ0) is 13.7. The van der Waals surface area contributed by atoms with E-state index in [1.807, 2.05) is 0 Å². The van der Waals surface area contributed by atoms with Crippen LogP contribution in [-0.2, 0) is 4.79 Å². The predicted octanol–water partition coefficient (Wildman–Crippen LogP) is 0.645. The van der Waals surface area contributed by atoms with E-state index in [1.165, 1.54) is 18.2 Å². The lowest BCUT2D eigenvalue weighted by molar-refractivity contribution is -0.117. The molecule has 0 heterocycles. The van der Waals surface area contributed by atoms with Gasteiger partial charge in [-0.25, -0.2) is 9.59 Å². The van der Waals surface area contributed by atoms with Crippen molar-refractivity contribution in [3.8, 4) is 0 Å². The maximum atomic E-state index is 11.3. The van der Waals surface area contributed by atoms with E-state index in [1.54, 1.807) is 0 Å². The lowest BCUT2D eigenvalue weighted by Gasteiger charge is -2.07. The molecule has 96 valence electrons. The number of urea groups is 1. The van der Waals surface area contributed by atoms with Crippen molar-refractivity contribution in [1.82, 2.24) is 5.32 Å². The number of carboxylic acid groups (broad SMARTS) is 1. The minimum Gasteiger partial charge on any atom is -0.478 e. The van der Waals surface area contributed by atoms with Crippen LogP contribution < -0.4 is 16.4 Å². The van der Waals surface area contributed by atoms with Gasteiger partial charge in [0.1, 0.15) is 0 Å². The number of hydrogen-bond donors (Lipinski definition) is 4. The van der Waals surface area contributed by atoms with Crippen molar-refractivity contribution < 1.29 is 19.5 Å². The van der Waals surface area contributed by atoms with Crippen molar-refractivity contribution in [3.63, 3.8) is 0 Å². The third-order valence-corrected chi connectivity index (χ3v) is 2.21. The average Bonchev–Trinajstić information content (AvgIpc) is 2.28. The highest BCUT2D eigenvalue weighted by Crippen LogP contribution is 2.20. The van der Waals surface area contributed by atoms with Crippen LogP contribution in [0.5, 0.6) is 0 Å². The largest absolute Gasteiger partial charge is 0.478 e. The molecule has 0 saturated heterocycles. The zero-order valence-corrected chi connectivity index (χ0v) is 9.82. The molecule has 8 heteroatoms. The SMILES string of the molecule is NC(=O)CNC(=O)Nc1ccc(Cl)c(C(=O)O)c1. The summed E-state index contributed by atoms with van der Waals surface area (Å²) in [7, 11) is 0. The Balaban J connectivity index is 2.73. The van der Waals surface area contributed by atoms with E-state index in [0.29, 0.717) is 0 Å². The van der Waals surface area contributed by atoms with Crippen LogP contribution in [0.15, 0.2) is 18.2 Å². The number of benzene rings is 1. The monoisotopic (exact) mass is 271 g/mol. The Hall–Kier alpha value is -2.28. The second kappa shape index (κ2) is 5.87. The summed E-state index contributed by atoms with van der Waals surface area (Å²) in [5.41, 5.74) is 4.94. The van der Waals surface area contributed by atoms with Gasteiger partial charge in [-0.3, -0.25) is 4.79 Å². The van der Waals surface area contributed by atoms with E-state index in [9.17, 15) is 14.4 Å². The first-order valence-corrected chi connectivity index (χ1v) is 5.14. The van der Waals surface area contributed by atoms with Crippen LogP contribution in [0.2, 0.25) is 5.02 Å². The summed E-state index contributed by atoms with van der Waals surface area (Å²) in [6.45, 7) is -0.314. The Labute approximate surface area is 107 Å². The molecule has 0 aliphatic heterocycles. The number of rotatable bonds is 4. The second-order valence-electron chi connectivity index (χ2n) is 3.27. The number of aromatic carboxylic acids is 1. The molecule has 7 nitrogen and oxygen atoms in total. The molecular weight excluding hydrogens is 262 g/mol. The number of carbonyl (C=O) groups excluding carboxylic acids is 2. The summed E-state index contributed by atoms with van der Waals surface area (Å²) in [5, 5.41) is 13.4. The van der Waals surface area contributed by atoms with Crippen molar-refractivity contribution in [3.05, 3.63) is 28.8 Å². The highest BCUT2D eigenvalue weighted by Gasteiger charge is 2.10. The molecule has 0 bridgehead atoms. The van der Waals surface area contributed by atoms with Crippen molar-refractivity contribution in [2.45, 2.75) is 0 Å². The maximum absolute atomic E-state index is 11.3. The molecule has 18 heavy (non-hydrogen) atoms. The number of hydrogen-bond acceptors (Lipinski definition) is 3. The van der Waals surface area contributed by atoms with E-state index < -0.39 is 17.9 Å². The van der Waals surface area contributed by atoms with Gasteiger partial charge in [0.15, 0.2) is 0 Å². The van der Waals surface area contributed by atoms with Gasteiger partial charge in [-0.1, -0.05) is 11.6 Å². The predicted molar refractivity (Wildman–Crippen MR) is 64.6 cm³/mol. The molecule has 0 atom stereocenters. The van der Waals surface area contributed by atoms with E-state index >= 15 is 0 Å². The highest BCUT2D eigenvalue weighted by molar-refractivity contribution is 6.33. The van der Waals surface area contributed by atoms with Gasteiger partial charge in [0.2, 0.25) is 5.91 Å². The van der Waals surface area contributed by atoms with E-state index in [0.717, 1.165) is 0 Å². The van der Waals surface area contributed by atoms with Crippen molar-refractivity contribution in [2.24, 2.45) is 5.73 Å². The van der Waals surface area contributed by atoms with E-state index in [2.05, 4.69) is 10.6 Å². The zero-order valence-electron chi connectivity index (χ0n) is 9.07. The van der Waals surface area contributed by atoms with Gasteiger partial charge in [0.05, 0.1) is 17.1 Å². The number of halogens is 1. The van der Waals surface area contributed by atoms with Crippen molar-refractivity contribution in [2.75, 3.05) is 11.9 Å². The Bertz CT molecular complexity index is 504. The quantitative estimate of drug-likeness (QED) is 0.642. The maximum Gasteiger partial charge on any atom is 0.337 e. The van der Waals surface area contributed by atoms with Gasteiger partial charge in [0.25, 0.3) is 0 Å². The summed E-state index contributed by atoms with van der Waals surface area (Å²) in [6, 6.07) is 3.30. The standard InChI is InChI=1S/C10H10ClN3O4/c11-7-2-1-5(3-6(7)9(16)17)14-10(18)13-4-8(12)15/h1-3H,4H2,(H2,12,15)(H,16,17)(H2,13,14,18). The molecule has 0 saturated carbocycles. The third-order valence-electron chi connectivity index (χ3n) is 1.88. The summed E-state index contributed by atoms with van der Waals surface area (Å²) in [6.07, 6.45) is 0. The first-order valence-electron chi connectivity index (χ1n) is 4.76. The van der Waals surface area contributed by atoms with Crippen LogP contribution in [-0.4, -0.2) is 29.6 Å². The first-order chi connectivity index (χ1) is 8.40. The third kappa shape index (κ3) is 3.95. The number of primary amides is 1. The van der Waals surface area contributed by atoms with Crippen molar-refractivity contribution >= 4 is 35.2 Å². The molecule has 0 aliphatic carbocycles. The Morgan fingerprint density at radius 1 is 1.33 bits per heavy atom. The van der Waals surface area contributed by atoms with Gasteiger partial charge < -0.3 is 21.5 Å². The Kier molecular flexibility index (Phi) is 4.50. The number of carboxylic acids is 1. The molecular formula is C10H10ClN3O4. The fourth-order valence-electron chi connectivity index (χ4n) is 1.11. The molecule has 0 spiro atoms. The smallest absolute Gasteiger partial charge is 0.337 e. The van der Waals surface area contributed by atoms with Crippen LogP contribution in [0.25, 0.3) is 0 Å². The minimum atomic E-state index is -1.21. The van der Waals surface area contributed by atoms with E-state index in [-0.39, 0.29) is 22.8 Å². The van der Waals surface area contributed by atoms with Gasteiger partial charge in [0, 0.05) is 5.69 Å². The summed E-state index contributed by atoms with van der Waals surface area (Å²) < 4.78 is 0. The Morgan fingerprint density at radius 2 is 2.00 bits per heavy atom. The molecule has 0 fully saturated rings. The molecule has 1 rings (SSSR count). The number of nitrogens with one attached hydrogen (secondary N) is 2. The number of amides is 3. The fraction of sp³-hybridized carbons (Fsp3) is 0.100. The normalized spacial score (nSPS) is 9.61. The molecule has 0 unspecified atom stereocenters. The molecule has 1 aromatic carbocycles. The number of anilines is 1. The van der Waals surface area contributed by atoms with Gasteiger partial charge in [-0.2, -0.15) is 0 Å². The van der Waals surface area contributed by atoms with Crippen molar-refractivity contribution in [1.29, 1.82) is 0 Å². The first kappa shape index (κ1) is 13.8. The molecule has 3 amide bonds. The molecule has 5 N–H and O–H groups in total. The highest BCUT2D eigenvalue weighted by atomic mass is 35.5. The summed E-state index contributed by atoms with van der Waals surface area (Å²) in [5.74, 6) is -1.89. The van der Waals surface area contributed by atoms with Crippen LogP contribution >= 0.6 is 11.6 Å². The minimum absolute atomic E-state index is 0.0607. The number of nitrogens with two attached hydrogens (primary N) is 1. The lowest BCUT2D eigenvalue weighted by Crippen LogP contribution is -2.36. The summed E-state index contributed by atoms with van der Waals surface area (Å²) in [4.78, 5) is 32.5. The van der Waals surface area contributed by atoms with Gasteiger partial charge >= 0.3 is 12.0 Å². The average molecular weight is 272 g/mol. The van der Waals surface area contributed by atoms with Crippen LogP contribution in [0.4, 0.5) is 10.5 Å². The summed E-state index contributed by atoms with van der Waals surface area (Å²) >= 11 is 5.66. The fourth-order valence-corrected chi connectivity index (χ4v) is 1.31.